The van der Waals surface area contributed by atoms with E-state index in [1.807, 2.05) is 0 Å². The molecule has 8 nitrogen and oxygen atoms in total. The van der Waals surface area contributed by atoms with Gasteiger partial charge in [0.2, 0.25) is 5.89 Å². The van der Waals surface area contributed by atoms with Crippen molar-refractivity contribution in [2.45, 2.75) is 32.4 Å². The third kappa shape index (κ3) is 5.13. The van der Waals surface area contributed by atoms with E-state index >= 15 is 0 Å². The Hall–Kier alpha value is -2.72. The number of rotatable bonds is 8. The summed E-state index contributed by atoms with van der Waals surface area (Å²) in [6.45, 7) is 0.966. The van der Waals surface area contributed by atoms with Crippen LogP contribution in [0.3, 0.4) is 0 Å². The lowest BCUT2D eigenvalue weighted by atomic mass is 10.2. The first-order valence-corrected chi connectivity index (χ1v) is 10.3. The molecule has 1 aromatic heterocycles. The summed E-state index contributed by atoms with van der Waals surface area (Å²) in [5.74, 6) is 0.665. The maximum absolute atomic E-state index is 13.0. The van der Waals surface area contributed by atoms with Crippen molar-refractivity contribution in [2.75, 3.05) is 32.9 Å². The molecular weight excluding hydrogens is 412 g/mol. The number of aromatic nitrogens is 1. The number of amides is 1. The van der Waals surface area contributed by atoms with Crippen molar-refractivity contribution in [3.63, 3.8) is 0 Å². The van der Waals surface area contributed by atoms with Crippen LogP contribution in [0.5, 0.6) is 11.5 Å². The number of hydrogen-bond acceptors (Lipinski definition) is 7. The molecule has 2 N–H and O–H groups in total. The number of ether oxygens (including phenoxy) is 3. The second-order valence-corrected chi connectivity index (χ2v) is 7.72. The molecule has 1 amide bonds. The van der Waals surface area contributed by atoms with Gasteiger partial charge in [-0.3, -0.25) is 4.79 Å². The lowest BCUT2D eigenvalue weighted by Crippen LogP contribution is -2.41. The summed E-state index contributed by atoms with van der Waals surface area (Å²) in [5, 5.41) is 0. The van der Waals surface area contributed by atoms with Crippen LogP contribution in [0, 0.1) is 5.92 Å². The molecular formula is C21H25F2N3O5. The summed E-state index contributed by atoms with van der Waals surface area (Å²) in [6.07, 6.45) is 2.10. The highest BCUT2D eigenvalue weighted by Crippen LogP contribution is 2.37. The van der Waals surface area contributed by atoms with Gasteiger partial charge in [-0.25, -0.2) is 4.98 Å². The first-order chi connectivity index (χ1) is 14.9. The number of halogens is 2. The predicted octanol–water partition coefficient (Wildman–Crippen LogP) is 3.22. The number of benzene rings is 1. The number of oxazole rings is 1. The zero-order valence-electron chi connectivity index (χ0n) is 17.2. The molecule has 0 unspecified atom stereocenters. The number of hydrogen-bond donors (Lipinski definition) is 1. The van der Waals surface area contributed by atoms with Gasteiger partial charge in [0.05, 0.1) is 25.9 Å². The Morgan fingerprint density at radius 1 is 1.29 bits per heavy atom. The number of nitrogens with two attached hydrogens (primary N) is 1. The van der Waals surface area contributed by atoms with Crippen LogP contribution in [0.15, 0.2) is 22.6 Å². The average molecular weight is 437 g/mol. The Balaban J connectivity index is 1.64. The van der Waals surface area contributed by atoms with Crippen LogP contribution in [0.1, 0.15) is 42.1 Å². The molecule has 2 aliphatic rings. The molecule has 1 aliphatic carbocycles. The van der Waals surface area contributed by atoms with Crippen LogP contribution in [-0.2, 0) is 4.74 Å². The molecule has 168 valence electrons. The number of carbonyl (C=O) groups excluding carboxylic acids is 1. The lowest BCUT2D eigenvalue weighted by Gasteiger charge is -2.26. The minimum absolute atomic E-state index is 0.0667. The Bertz CT molecular complexity index is 924. The van der Waals surface area contributed by atoms with E-state index in [0.29, 0.717) is 44.4 Å². The second-order valence-electron chi connectivity index (χ2n) is 7.72. The fourth-order valence-electron chi connectivity index (χ4n) is 3.27. The van der Waals surface area contributed by atoms with Crippen molar-refractivity contribution in [3.8, 4) is 23.0 Å². The van der Waals surface area contributed by atoms with Crippen LogP contribution in [0.2, 0.25) is 0 Å². The molecule has 2 heterocycles. The highest BCUT2D eigenvalue weighted by molar-refractivity contribution is 5.94. The first-order valence-electron chi connectivity index (χ1n) is 10.3. The predicted molar refractivity (Wildman–Crippen MR) is 106 cm³/mol. The fourth-order valence-corrected chi connectivity index (χ4v) is 3.27. The van der Waals surface area contributed by atoms with Crippen LogP contribution in [0.4, 0.5) is 8.78 Å². The Morgan fingerprint density at radius 3 is 2.68 bits per heavy atom. The second kappa shape index (κ2) is 9.19. The SMILES string of the molecule is C[C@H](N)c1oc(-c2ccc(OC(F)F)c(OCC3CC3)c2)nc1C(=O)N1CCOCC1. The molecule has 0 spiro atoms. The summed E-state index contributed by atoms with van der Waals surface area (Å²) < 4.78 is 46.9. The number of alkyl halides is 2. The molecule has 1 atom stereocenters. The van der Waals surface area contributed by atoms with E-state index in [1.165, 1.54) is 18.2 Å². The van der Waals surface area contributed by atoms with Gasteiger partial charge in [-0.05, 0) is 43.9 Å². The van der Waals surface area contributed by atoms with E-state index in [4.69, 9.17) is 19.6 Å². The van der Waals surface area contributed by atoms with Gasteiger partial charge < -0.3 is 29.3 Å². The molecule has 10 heteroatoms. The van der Waals surface area contributed by atoms with Gasteiger partial charge in [0.25, 0.3) is 5.91 Å². The lowest BCUT2D eigenvalue weighted by molar-refractivity contribution is -0.0515. The third-order valence-corrected chi connectivity index (χ3v) is 5.15. The highest BCUT2D eigenvalue weighted by Gasteiger charge is 2.29. The Kier molecular flexibility index (Phi) is 6.38. The van der Waals surface area contributed by atoms with E-state index in [-0.39, 0.29) is 34.8 Å². The van der Waals surface area contributed by atoms with Crippen molar-refractivity contribution in [1.82, 2.24) is 9.88 Å². The molecule has 4 rings (SSSR count). The molecule has 2 fully saturated rings. The smallest absolute Gasteiger partial charge is 0.387 e. The van der Waals surface area contributed by atoms with Crippen LogP contribution >= 0.6 is 0 Å². The van der Waals surface area contributed by atoms with E-state index in [1.54, 1.807) is 11.8 Å². The van der Waals surface area contributed by atoms with Crippen LogP contribution in [0.25, 0.3) is 11.5 Å². The molecule has 31 heavy (non-hydrogen) atoms. The number of nitrogens with zero attached hydrogens (tertiary/aromatic N) is 2. The molecule has 1 aliphatic heterocycles. The summed E-state index contributed by atoms with van der Waals surface area (Å²) in [4.78, 5) is 19.0. The van der Waals surface area contributed by atoms with Crippen LogP contribution < -0.4 is 15.2 Å². The standard InChI is InChI=1S/C21H25F2N3O5/c1-12(24)18-17(20(27)26-6-8-28-9-7-26)25-19(31-18)14-4-5-15(30-21(22)23)16(10-14)29-11-13-2-3-13/h4-5,10,12-13,21H,2-3,6-9,11,24H2,1H3/t12-/m0/s1. The molecule has 1 aromatic carbocycles. The number of carbonyl (C=O) groups is 1. The minimum Gasteiger partial charge on any atom is -0.489 e. The van der Waals surface area contributed by atoms with Crippen molar-refractivity contribution in [3.05, 3.63) is 29.7 Å². The van der Waals surface area contributed by atoms with E-state index in [9.17, 15) is 13.6 Å². The van der Waals surface area contributed by atoms with Gasteiger partial charge in [0.1, 0.15) is 0 Å². The van der Waals surface area contributed by atoms with Gasteiger partial charge >= 0.3 is 6.61 Å². The molecule has 0 bridgehead atoms. The Labute approximate surface area is 178 Å². The van der Waals surface area contributed by atoms with E-state index in [2.05, 4.69) is 9.72 Å². The molecule has 1 saturated carbocycles. The maximum Gasteiger partial charge on any atom is 0.387 e. The van der Waals surface area contributed by atoms with E-state index < -0.39 is 12.7 Å². The van der Waals surface area contributed by atoms with Crippen molar-refractivity contribution in [2.24, 2.45) is 11.7 Å². The van der Waals surface area contributed by atoms with Gasteiger partial charge in [0, 0.05) is 18.7 Å². The summed E-state index contributed by atoms with van der Waals surface area (Å²) in [6, 6.07) is 3.87. The molecule has 1 saturated heterocycles. The summed E-state index contributed by atoms with van der Waals surface area (Å²) in [7, 11) is 0. The zero-order valence-corrected chi connectivity index (χ0v) is 17.2. The first kappa shape index (κ1) is 21.5. The maximum atomic E-state index is 13.0. The monoisotopic (exact) mass is 437 g/mol. The molecule has 2 aromatic rings. The minimum atomic E-state index is -2.97. The van der Waals surface area contributed by atoms with Gasteiger partial charge in [-0.2, -0.15) is 8.78 Å². The van der Waals surface area contributed by atoms with E-state index in [0.717, 1.165) is 12.8 Å². The van der Waals surface area contributed by atoms with Gasteiger partial charge in [-0.15, -0.1) is 0 Å². The quantitative estimate of drug-likeness (QED) is 0.677. The normalized spacial score (nSPS) is 17.6. The van der Waals surface area contributed by atoms with Crippen molar-refractivity contribution < 1.29 is 32.2 Å². The van der Waals surface area contributed by atoms with Crippen molar-refractivity contribution >= 4 is 5.91 Å². The van der Waals surface area contributed by atoms with Gasteiger partial charge in [0.15, 0.2) is 23.0 Å². The number of morpholine rings is 1. The topological polar surface area (TPSA) is 100 Å². The molecule has 0 radical (unpaired) electrons. The van der Waals surface area contributed by atoms with Gasteiger partial charge in [-0.1, -0.05) is 0 Å². The van der Waals surface area contributed by atoms with Crippen LogP contribution in [-0.4, -0.2) is 55.3 Å². The summed E-state index contributed by atoms with van der Waals surface area (Å²) >= 11 is 0. The fraction of sp³-hybridized carbons (Fsp3) is 0.524. The largest absolute Gasteiger partial charge is 0.489 e. The summed E-state index contributed by atoms with van der Waals surface area (Å²) in [5.41, 5.74) is 6.62. The van der Waals surface area contributed by atoms with Crippen molar-refractivity contribution in [1.29, 1.82) is 0 Å². The average Bonchev–Trinajstić information content (AvgIpc) is 3.48. The Morgan fingerprint density at radius 2 is 2.03 bits per heavy atom. The highest BCUT2D eigenvalue weighted by atomic mass is 19.3. The zero-order chi connectivity index (χ0) is 22.0. The third-order valence-electron chi connectivity index (χ3n) is 5.15.